The molecule has 0 fully saturated rings. The zero-order chi connectivity index (χ0) is 15.2. The van der Waals surface area contributed by atoms with E-state index in [1.807, 2.05) is 12.1 Å². The summed E-state index contributed by atoms with van der Waals surface area (Å²) in [6.07, 6.45) is 4.05. The van der Waals surface area contributed by atoms with Crippen LogP contribution >= 0.6 is 0 Å². The zero-order valence-electron chi connectivity index (χ0n) is 11.8. The molecular formula is C14H18N4O2S. The van der Waals surface area contributed by atoms with Crippen LogP contribution in [0.3, 0.4) is 0 Å². The van der Waals surface area contributed by atoms with Crippen molar-refractivity contribution in [3.63, 3.8) is 0 Å². The van der Waals surface area contributed by atoms with Crippen LogP contribution in [-0.2, 0) is 10.8 Å². The van der Waals surface area contributed by atoms with Gasteiger partial charge in [-0.25, -0.2) is 4.68 Å². The highest BCUT2D eigenvalue weighted by atomic mass is 32.2. The second-order valence-electron chi connectivity index (χ2n) is 4.63. The molecule has 0 radical (unpaired) electrons. The first-order valence-electron chi connectivity index (χ1n) is 6.56. The van der Waals surface area contributed by atoms with Crippen molar-refractivity contribution in [2.45, 2.75) is 6.42 Å². The monoisotopic (exact) mass is 306 g/mol. The van der Waals surface area contributed by atoms with Crippen molar-refractivity contribution in [1.29, 1.82) is 0 Å². The number of aromatic nitrogens is 2. The van der Waals surface area contributed by atoms with Gasteiger partial charge in [0.1, 0.15) is 0 Å². The van der Waals surface area contributed by atoms with E-state index in [4.69, 9.17) is 5.73 Å². The summed E-state index contributed by atoms with van der Waals surface area (Å²) in [6.45, 7) is 0.490. The molecule has 1 aromatic carbocycles. The molecule has 3 N–H and O–H groups in total. The summed E-state index contributed by atoms with van der Waals surface area (Å²) < 4.78 is 12.5. The predicted octanol–water partition coefficient (Wildman–Crippen LogP) is 0.953. The summed E-state index contributed by atoms with van der Waals surface area (Å²) in [7, 11) is -0.831. The van der Waals surface area contributed by atoms with Gasteiger partial charge in [0.25, 0.3) is 5.91 Å². The number of nitrogens with one attached hydrogen (secondary N) is 1. The number of nitrogen functional groups attached to an aromatic ring is 1. The summed E-state index contributed by atoms with van der Waals surface area (Å²) in [6, 6.07) is 8.92. The van der Waals surface area contributed by atoms with E-state index in [-0.39, 0.29) is 5.91 Å². The number of hydrogen-bond donors (Lipinski definition) is 2. The van der Waals surface area contributed by atoms with Crippen LogP contribution in [0.4, 0.5) is 5.69 Å². The number of benzene rings is 1. The Bertz CT molecular complexity index is 654. The van der Waals surface area contributed by atoms with Crippen molar-refractivity contribution in [3.8, 4) is 5.69 Å². The fourth-order valence-electron chi connectivity index (χ4n) is 1.82. The maximum absolute atomic E-state index is 11.9. The second kappa shape index (κ2) is 7.03. The molecule has 0 saturated carbocycles. The van der Waals surface area contributed by atoms with Crippen LogP contribution in [0.5, 0.6) is 0 Å². The smallest absolute Gasteiger partial charge is 0.271 e. The molecule has 0 saturated heterocycles. The third-order valence-electron chi connectivity index (χ3n) is 2.85. The van der Waals surface area contributed by atoms with E-state index >= 15 is 0 Å². The van der Waals surface area contributed by atoms with Gasteiger partial charge in [-0.05, 0) is 30.7 Å². The summed E-state index contributed by atoms with van der Waals surface area (Å²) in [5.74, 6) is 0.345. The molecule has 6 nitrogen and oxygen atoms in total. The van der Waals surface area contributed by atoms with E-state index in [2.05, 4.69) is 10.4 Å². The average molecular weight is 306 g/mol. The van der Waals surface area contributed by atoms with Crippen molar-refractivity contribution >= 4 is 22.4 Å². The lowest BCUT2D eigenvalue weighted by atomic mass is 10.3. The van der Waals surface area contributed by atoms with Crippen molar-refractivity contribution < 1.29 is 9.00 Å². The molecule has 0 aliphatic carbocycles. The van der Waals surface area contributed by atoms with Crippen molar-refractivity contribution in [2.75, 3.05) is 24.3 Å². The Kier molecular flexibility index (Phi) is 5.10. The van der Waals surface area contributed by atoms with Gasteiger partial charge in [-0.3, -0.25) is 9.00 Å². The Hall–Kier alpha value is -2.15. The lowest BCUT2D eigenvalue weighted by Gasteiger charge is -2.03. The Balaban J connectivity index is 1.96. The molecule has 0 spiro atoms. The van der Waals surface area contributed by atoms with Crippen LogP contribution in [0.1, 0.15) is 16.9 Å². The molecular weight excluding hydrogens is 288 g/mol. The molecule has 1 aromatic heterocycles. The quantitative estimate of drug-likeness (QED) is 0.614. The topological polar surface area (TPSA) is 90.0 Å². The van der Waals surface area contributed by atoms with E-state index < -0.39 is 10.8 Å². The predicted molar refractivity (Wildman–Crippen MR) is 83.9 cm³/mol. The average Bonchev–Trinajstić information content (AvgIpc) is 2.93. The highest BCUT2D eigenvalue weighted by Gasteiger charge is 2.09. The number of rotatable bonds is 6. The Morgan fingerprint density at radius 2 is 2.24 bits per heavy atom. The number of carbonyl (C=O) groups is 1. The summed E-state index contributed by atoms with van der Waals surface area (Å²) in [4.78, 5) is 11.9. The minimum absolute atomic E-state index is 0.237. The van der Waals surface area contributed by atoms with Crippen molar-refractivity contribution in [3.05, 3.63) is 42.2 Å². The molecule has 1 heterocycles. The van der Waals surface area contributed by atoms with Crippen LogP contribution < -0.4 is 11.1 Å². The fraction of sp³-hybridized carbons (Fsp3) is 0.286. The molecule has 2 aromatic rings. The Morgan fingerprint density at radius 1 is 1.43 bits per heavy atom. The minimum atomic E-state index is -0.831. The molecule has 1 amide bonds. The van der Waals surface area contributed by atoms with Gasteiger partial charge >= 0.3 is 0 Å². The normalized spacial score (nSPS) is 12.0. The maximum atomic E-state index is 11.9. The first-order valence-corrected chi connectivity index (χ1v) is 8.29. The van der Waals surface area contributed by atoms with E-state index in [1.165, 1.54) is 0 Å². The lowest BCUT2D eigenvalue weighted by Crippen LogP contribution is -2.25. The SMILES string of the molecule is CS(=O)CCCNC(=O)c1ccn(-c2cccc(N)c2)n1. The lowest BCUT2D eigenvalue weighted by molar-refractivity contribution is 0.0948. The van der Waals surface area contributed by atoms with Gasteiger partial charge in [-0.1, -0.05) is 6.07 Å². The standard InChI is InChI=1S/C14H18N4O2S/c1-21(20)9-3-7-16-14(19)13-6-8-18(17-13)12-5-2-4-11(15)10-12/h2,4-6,8,10H,3,7,9,15H2,1H3,(H,16,19). The maximum Gasteiger partial charge on any atom is 0.271 e. The molecule has 112 valence electrons. The van der Waals surface area contributed by atoms with Crippen molar-refractivity contribution in [2.24, 2.45) is 0 Å². The van der Waals surface area contributed by atoms with Gasteiger partial charge in [0.15, 0.2) is 5.69 Å². The third-order valence-corrected chi connectivity index (χ3v) is 3.71. The van der Waals surface area contributed by atoms with Gasteiger partial charge in [0.05, 0.1) is 5.69 Å². The van der Waals surface area contributed by atoms with Crippen LogP contribution in [0.15, 0.2) is 36.5 Å². The molecule has 7 heteroatoms. The molecule has 1 atom stereocenters. The Labute approximate surface area is 125 Å². The van der Waals surface area contributed by atoms with Gasteiger partial charge in [0.2, 0.25) is 0 Å². The highest BCUT2D eigenvalue weighted by molar-refractivity contribution is 7.84. The summed E-state index contributed by atoms with van der Waals surface area (Å²) >= 11 is 0. The van der Waals surface area contributed by atoms with Crippen LogP contribution in [0.25, 0.3) is 5.69 Å². The number of nitrogens with zero attached hydrogens (tertiary/aromatic N) is 2. The van der Waals surface area contributed by atoms with E-state index in [1.54, 1.807) is 35.3 Å². The fourth-order valence-corrected chi connectivity index (χ4v) is 2.37. The molecule has 0 aliphatic rings. The first kappa shape index (κ1) is 15.2. The molecule has 0 bridgehead atoms. The van der Waals surface area contributed by atoms with Gasteiger partial charge < -0.3 is 11.1 Å². The van der Waals surface area contributed by atoms with Crippen LogP contribution in [0.2, 0.25) is 0 Å². The van der Waals surface area contributed by atoms with Crippen LogP contribution in [-0.4, -0.2) is 38.4 Å². The summed E-state index contributed by atoms with van der Waals surface area (Å²) in [5, 5.41) is 6.98. The van der Waals surface area contributed by atoms with E-state index in [0.29, 0.717) is 30.1 Å². The number of hydrogen-bond acceptors (Lipinski definition) is 4. The van der Waals surface area contributed by atoms with Gasteiger partial charge in [-0.15, -0.1) is 0 Å². The van der Waals surface area contributed by atoms with Crippen LogP contribution in [0, 0.1) is 0 Å². The van der Waals surface area contributed by atoms with E-state index in [0.717, 1.165) is 5.69 Å². The van der Waals surface area contributed by atoms with Crippen molar-refractivity contribution in [1.82, 2.24) is 15.1 Å². The third kappa shape index (κ3) is 4.42. The number of amides is 1. The molecule has 1 unspecified atom stereocenters. The largest absolute Gasteiger partial charge is 0.399 e. The number of carbonyl (C=O) groups excluding carboxylic acids is 1. The second-order valence-corrected chi connectivity index (χ2v) is 6.18. The van der Waals surface area contributed by atoms with E-state index in [9.17, 15) is 9.00 Å². The molecule has 2 rings (SSSR count). The Morgan fingerprint density at radius 3 is 2.95 bits per heavy atom. The number of anilines is 1. The van der Waals surface area contributed by atoms with Gasteiger partial charge in [-0.2, -0.15) is 5.10 Å². The number of nitrogens with two attached hydrogens (primary N) is 1. The molecule has 0 aliphatic heterocycles. The molecule has 21 heavy (non-hydrogen) atoms. The van der Waals surface area contributed by atoms with Gasteiger partial charge in [0, 0.05) is 41.2 Å². The zero-order valence-corrected chi connectivity index (χ0v) is 12.6. The highest BCUT2D eigenvalue weighted by Crippen LogP contribution is 2.11. The first-order chi connectivity index (χ1) is 10.1. The minimum Gasteiger partial charge on any atom is -0.399 e. The summed E-state index contributed by atoms with van der Waals surface area (Å²) in [5.41, 5.74) is 7.51.